The SMILES string of the molecule is C[C@@H]1CSc2sc(S(N)(=O)=O)cc2C(=O)N1. The zero-order valence-electron chi connectivity index (χ0n) is 8.39. The van der Waals surface area contributed by atoms with Gasteiger partial charge in [-0.2, -0.15) is 0 Å². The van der Waals surface area contributed by atoms with E-state index < -0.39 is 10.0 Å². The van der Waals surface area contributed by atoms with Gasteiger partial charge in [0, 0.05) is 11.8 Å². The quantitative estimate of drug-likeness (QED) is 0.788. The van der Waals surface area contributed by atoms with E-state index in [0.29, 0.717) is 9.77 Å². The van der Waals surface area contributed by atoms with Gasteiger partial charge in [0.15, 0.2) is 0 Å². The van der Waals surface area contributed by atoms with E-state index in [4.69, 9.17) is 5.14 Å². The molecule has 0 aliphatic carbocycles. The van der Waals surface area contributed by atoms with Crippen LogP contribution in [0.25, 0.3) is 0 Å². The molecular weight excluding hydrogens is 268 g/mol. The molecule has 5 nitrogen and oxygen atoms in total. The Bertz CT molecular complexity index is 535. The average Bonchev–Trinajstić information content (AvgIpc) is 2.52. The highest BCUT2D eigenvalue weighted by Crippen LogP contribution is 2.35. The van der Waals surface area contributed by atoms with Crippen molar-refractivity contribution in [1.82, 2.24) is 5.32 Å². The third-order valence-electron chi connectivity index (χ3n) is 2.04. The molecule has 2 rings (SSSR count). The summed E-state index contributed by atoms with van der Waals surface area (Å²) in [5.41, 5.74) is 0.406. The number of carbonyl (C=O) groups excluding carboxylic acids is 1. The van der Waals surface area contributed by atoms with Crippen molar-refractivity contribution < 1.29 is 13.2 Å². The fourth-order valence-corrected chi connectivity index (χ4v) is 4.58. The number of nitrogens with two attached hydrogens (primary N) is 1. The van der Waals surface area contributed by atoms with Crippen LogP contribution in [0.15, 0.2) is 14.5 Å². The van der Waals surface area contributed by atoms with E-state index in [1.54, 1.807) is 0 Å². The van der Waals surface area contributed by atoms with Gasteiger partial charge in [0.25, 0.3) is 5.91 Å². The number of amides is 1. The maximum absolute atomic E-state index is 11.7. The highest BCUT2D eigenvalue weighted by atomic mass is 32.3. The van der Waals surface area contributed by atoms with Gasteiger partial charge in [-0.05, 0) is 13.0 Å². The third kappa shape index (κ3) is 2.24. The summed E-state index contributed by atoms with van der Waals surface area (Å²) in [4.78, 5) is 11.7. The van der Waals surface area contributed by atoms with E-state index >= 15 is 0 Å². The van der Waals surface area contributed by atoms with Crippen LogP contribution >= 0.6 is 23.1 Å². The molecule has 0 unspecified atom stereocenters. The van der Waals surface area contributed by atoms with Crippen LogP contribution in [-0.4, -0.2) is 26.1 Å². The first kappa shape index (κ1) is 11.9. The molecule has 1 amide bonds. The standard InChI is InChI=1S/C8H10N2O3S3/c1-4-3-14-8-5(7(11)10-4)2-6(15-8)16(9,12)13/h2,4H,3H2,1H3,(H,10,11)(H2,9,12,13)/t4-/m1/s1. The molecule has 16 heavy (non-hydrogen) atoms. The Balaban J connectivity index is 2.47. The van der Waals surface area contributed by atoms with Crippen molar-refractivity contribution in [2.45, 2.75) is 21.4 Å². The van der Waals surface area contributed by atoms with E-state index in [1.807, 2.05) is 6.92 Å². The summed E-state index contributed by atoms with van der Waals surface area (Å²) < 4.78 is 23.1. The molecule has 0 radical (unpaired) electrons. The van der Waals surface area contributed by atoms with Crippen LogP contribution in [0.2, 0.25) is 0 Å². The number of sulfonamides is 1. The predicted octanol–water partition coefficient (Wildman–Crippen LogP) is 0.620. The molecule has 88 valence electrons. The Morgan fingerprint density at radius 2 is 2.25 bits per heavy atom. The van der Waals surface area contributed by atoms with Crippen LogP contribution in [0.4, 0.5) is 0 Å². The van der Waals surface area contributed by atoms with Gasteiger partial charge in [-0.1, -0.05) is 0 Å². The van der Waals surface area contributed by atoms with Gasteiger partial charge in [-0.15, -0.1) is 23.1 Å². The van der Waals surface area contributed by atoms with E-state index in [1.165, 1.54) is 17.8 Å². The van der Waals surface area contributed by atoms with Crippen molar-refractivity contribution >= 4 is 39.0 Å². The molecule has 1 aliphatic heterocycles. The van der Waals surface area contributed by atoms with Gasteiger partial charge in [0.05, 0.1) is 9.77 Å². The first-order chi connectivity index (χ1) is 7.38. The van der Waals surface area contributed by atoms with Gasteiger partial charge in [-0.25, -0.2) is 13.6 Å². The maximum Gasteiger partial charge on any atom is 0.253 e. The molecule has 0 spiro atoms. The van der Waals surface area contributed by atoms with Crippen molar-refractivity contribution in [1.29, 1.82) is 0 Å². The van der Waals surface area contributed by atoms with Crippen molar-refractivity contribution in [3.8, 4) is 0 Å². The Hall–Kier alpha value is -0.570. The normalized spacial score (nSPS) is 21.1. The first-order valence-electron chi connectivity index (χ1n) is 4.48. The number of thiophene rings is 1. The molecule has 1 aromatic rings. The van der Waals surface area contributed by atoms with Crippen LogP contribution in [-0.2, 0) is 10.0 Å². The third-order valence-corrected chi connectivity index (χ3v) is 6.14. The van der Waals surface area contributed by atoms with Gasteiger partial charge >= 0.3 is 0 Å². The highest BCUT2D eigenvalue weighted by Gasteiger charge is 2.25. The minimum atomic E-state index is -3.72. The average molecular weight is 278 g/mol. The van der Waals surface area contributed by atoms with Gasteiger partial charge in [0.1, 0.15) is 4.21 Å². The highest BCUT2D eigenvalue weighted by molar-refractivity contribution is 8.01. The number of thioether (sulfide) groups is 1. The minimum Gasteiger partial charge on any atom is -0.349 e. The van der Waals surface area contributed by atoms with Crippen LogP contribution in [0.5, 0.6) is 0 Å². The Kier molecular flexibility index (Phi) is 2.99. The summed E-state index contributed by atoms with van der Waals surface area (Å²) >= 11 is 2.52. The molecule has 0 saturated heterocycles. The lowest BCUT2D eigenvalue weighted by atomic mass is 10.3. The van der Waals surface area contributed by atoms with Crippen molar-refractivity contribution in [3.05, 3.63) is 11.6 Å². The minimum absolute atomic E-state index is 0.0368. The number of rotatable bonds is 1. The molecule has 0 fully saturated rings. The number of carbonyl (C=O) groups is 1. The molecule has 2 heterocycles. The smallest absolute Gasteiger partial charge is 0.253 e. The Labute approximate surface area is 101 Å². The second-order valence-electron chi connectivity index (χ2n) is 3.50. The fraction of sp³-hybridized carbons (Fsp3) is 0.375. The van der Waals surface area contributed by atoms with Crippen LogP contribution in [0.3, 0.4) is 0 Å². The Morgan fingerprint density at radius 1 is 1.56 bits per heavy atom. The molecule has 0 bridgehead atoms. The number of hydrogen-bond donors (Lipinski definition) is 2. The lowest BCUT2D eigenvalue weighted by Crippen LogP contribution is -2.32. The molecule has 0 saturated carbocycles. The van der Waals surface area contributed by atoms with Crippen molar-refractivity contribution in [2.24, 2.45) is 5.14 Å². The largest absolute Gasteiger partial charge is 0.349 e. The van der Waals surface area contributed by atoms with E-state index in [-0.39, 0.29) is 16.2 Å². The molecule has 1 aliphatic rings. The topological polar surface area (TPSA) is 89.3 Å². The maximum atomic E-state index is 11.7. The van der Waals surface area contributed by atoms with Crippen LogP contribution in [0, 0.1) is 0 Å². The van der Waals surface area contributed by atoms with Crippen LogP contribution < -0.4 is 10.5 Å². The monoisotopic (exact) mass is 278 g/mol. The molecular formula is C8H10N2O3S3. The van der Waals surface area contributed by atoms with E-state index in [2.05, 4.69) is 5.32 Å². The second kappa shape index (κ2) is 4.02. The van der Waals surface area contributed by atoms with E-state index in [9.17, 15) is 13.2 Å². The lowest BCUT2D eigenvalue weighted by molar-refractivity contribution is 0.0943. The van der Waals surface area contributed by atoms with Gasteiger partial charge < -0.3 is 5.32 Å². The predicted molar refractivity (Wildman–Crippen MR) is 63.3 cm³/mol. The molecule has 8 heteroatoms. The summed E-state index contributed by atoms with van der Waals surface area (Å²) in [6, 6.07) is 1.42. The summed E-state index contributed by atoms with van der Waals surface area (Å²) in [5, 5.41) is 7.80. The zero-order valence-corrected chi connectivity index (χ0v) is 10.8. The summed E-state index contributed by atoms with van der Waals surface area (Å²) in [5.74, 6) is 0.488. The summed E-state index contributed by atoms with van der Waals surface area (Å²) in [7, 11) is -3.72. The van der Waals surface area contributed by atoms with Crippen molar-refractivity contribution in [3.63, 3.8) is 0 Å². The van der Waals surface area contributed by atoms with Crippen molar-refractivity contribution in [2.75, 3.05) is 5.75 Å². The first-order valence-corrected chi connectivity index (χ1v) is 7.83. The second-order valence-corrected chi connectivity index (χ2v) is 7.63. The Morgan fingerprint density at radius 3 is 2.88 bits per heavy atom. The number of fused-ring (bicyclic) bond motifs is 1. The lowest BCUT2D eigenvalue weighted by Gasteiger charge is -2.07. The van der Waals surface area contributed by atoms with E-state index in [0.717, 1.165) is 17.1 Å². The molecule has 1 atom stereocenters. The number of primary sulfonamides is 1. The zero-order chi connectivity index (χ0) is 11.9. The molecule has 1 aromatic heterocycles. The summed E-state index contributed by atoms with van der Waals surface area (Å²) in [6.45, 7) is 1.90. The summed E-state index contributed by atoms with van der Waals surface area (Å²) in [6.07, 6.45) is 0. The van der Waals surface area contributed by atoms with Crippen LogP contribution in [0.1, 0.15) is 17.3 Å². The van der Waals surface area contributed by atoms with Gasteiger partial charge in [0.2, 0.25) is 10.0 Å². The number of hydrogen-bond acceptors (Lipinski definition) is 5. The fourth-order valence-electron chi connectivity index (χ4n) is 1.30. The number of nitrogens with one attached hydrogen (secondary N) is 1. The molecule has 3 N–H and O–H groups in total. The van der Waals surface area contributed by atoms with Gasteiger partial charge in [-0.3, -0.25) is 4.79 Å². The molecule has 0 aromatic carbocycles.